The predicted octanol–water partition coefficient (Wildman–Crippen LogP) is 3.75. The molecule has 6 heteroatoms. The summed E-state index contributed by atoms with van der Waals surface area (Å²) in [7, 11) is 0. The topological polar surface area (TPSA) is 55.8 Å². The van der Waals surface area contributed by atoms with Crippen molar-refractivity contribution < 1.29 is 14.4 Å². The van der Waals surface area contributed by atoms with Gasteiger partial charge in [0.25, 0.3) is 5.91 Å². The average Bonchev–Trinajstić information content (AvgIpc) is 2.78. The molecule has 1 aliphatic carbocycles. The van der Waals surface area contributed by atoms with Gasteiger partial charge in [0.15, 0.2) is 0 Å². The summed E-state index contributed by atoms with van der Waals surface area (Å²) in [4.78, 5) is 16.6. The van der Waals surface area contributed by atoms with Gasteiger partial charge >= 0.3 is 0 Å². The number of nitrogens with one attached hydrogen (secondary N) is 1. The highest BCUT2D eigenvalue weighted by molar-refractivity contribution is 5.93. The minimum atomic E-state index is -0.663. The van der Waals surface area contributed by atoms with E-state index in [9.17, 15) is 9.18 Å². The van der Waals surface area contributed by atoms with Crippen LogP contribution in [-0.2, 0) is 19.5 Å². The second-order valence-corrected chi connectivity index (χ2v) is 9.62. The molecule has 164 valence electrons. The number of benzene rings is 2. The van der Waals surface area contributed by atoms with Crippen molar-refractivity contribution in [2.24, 2.45) is 5.41 Å². The number of rotatable bonds is 4. The minimum Gasteiger partial charge on any atom is -0.298 e. The van der Waals surface area contributed by atoms with Crippen molar-refractivity contribution >= 4 is 5.91 Å². The number of likely N-dealkylation sites (tertiary alicyclic amines) is 1. The fraction of sp³-hybridized carbons (Fsp3) is 0.480. The Morgan fingerprint density at radius 1 is 1.16 bits per heavy atom. The molecule has 0 radical (unpaired) electrons. The number of halogens is 1. The predicted molar refractivity (Wildman–Crippen MR) is 116 cm³/mol. The molecular formula is C25H30FN3O2. The van der Waals surface area contributed by atoms with Crippen LogP contribution >= 0.6 is 0 Å². The number of carbonyl (C=O) groups excluding carboxylic acids is 1. The molecule has 2 aromatic carbocycles. The zero-order valence-electron chi connectivity index (χ0n) is 17.8. The molecule has 5 rings (SSSR count). The van der Waals surface area contributed by atoms with Crippen LogP contribution in [0.25, 0.3) is 0 Å². The summed E-state index contributed by atoms with van der Waals surface area (Å²) in [5, 5.41) is 8.82. The van der Waals surface area contributed by atoms with Crippen molar-refractivity contribution in [2.75, 3.05) is 19.6 Å². The molecule has 2 heterocycles. The van der Waals surface area contributed by atoms with Gasteiger partial charge in [-0.15, -0.1) is 0 Å². The molecule has 2 aliphatic heterocycles. The van der Waals surface area contributed by atoms with Gasteiger partial charge in [0.2, 0.25) is 0 Å². The first-order valence-corrected chi connectivity index (χ1v) is 11.3. The van der Waals surface area contributed by atoms with Gasteiger partial charge in [-0.05, 0) is 60.8 Å². The standard InChI is InChI=1S/C25H30FN3O2/c26-23-13-20(24(30)27-31)12-19-8-11-29(15-22(19)23)21-6-9-25(10-7-21)16-28(17-25)14-18-4-2-1-3-5-18/h1-5,12-13,21,31H,6-11,14-17H2,(H,27,30). The Bertz CT molecular complexity index is 949. The highest BCUT2D eigenvalue weighted by atomic mass is 19.1. The number of hydrogen-bond acceptors (Lipinski definition) is 4. The molecule has 0 aromatic heterocycles. The molecule has 3 aliphatic rings. The van der Waals surface area contributed by atoms with Crippen molar-refractivity contribution in [1.82, 2.24) is 15.3 Å². The van der Waals surface area contributed by atoms with Crippen molar-refractivity contribution in [3.05, 3.63) is 70.5 Å². The van der Waals surface area contributed by atoms with Crippen molar-refractivity contribution in [2.45, 2.75) is 51.2 Å². The van der Waals surface area contributed by atoms with E-state index in [2.05, 4.69) is 40.1 Å². The van der Waals surface area contributed by atoms with E-state index in [1.807, 2.05) is 0 Å². The van der Waals surface area contributed by atoms with Gasteiger partial charge in [0.05, 0.1) is 0 Å². The van der Waals surface area contributed by atoms with Crippen molar-refractivity contribution in [3.8, 4) is 0 Å². The lowest BCUT2D eigenvalue weighted by Gasteiger charge is -2.55. The van der Waals surface area contributed by atoms with Gasteiger partial charge in [-0.25, -0.2) is 9.87 Å². The normalized spacial score (nSPS) is 21.5. The van der Waals surface area contributed by atoms with Gasteiger partial charge in [0.1, 0.15) is 5.82 Å². The SMILES string of the molecule is O=C(NO)c1cc(F)c2c(c1)CCN(C1CCC3(CC1)CN(Cc1ccccc1)C3)C2. The lowest BCUT2D eigenvalue weighted by molar-refractivity contribution is -0.0513. The van der Waals surface area contributed by atoms with E-state index in [4.69, 9.17) is 5.21 Å². The molecule has 0 atom stereocenters. The Morgan fingerprint density at radius 2 is 1.90 bits per heavy atom. The number of carbonyl (C=O) groups is 1. The Morgan fingerprint density at radius 3 is 2.61 bits per heavy atom. The zero-order valence-corrected chi connectivity index (χ0v) is 17.8. The maximum atomic E-state index is 14.7. The van der Waals surface area contributed by atoms with Crippen molar-refractivity contribution in [3.63, 3.8) is 0 Å². The molecule has 1 saturated carbocycles. The van der Waals surface area contributed by atoms with Crippen LogP contribution in [0, 0.1) is 11.2 Å². The highest BCUT2D eigenvalue weighted by Crippen LogP contribution is 2.45. The number of amides is 1. The summed E-state index contributed by atoms with van der Waals surface area (Å²) in [6.07, 6.45) is 5.61. The lowest BCUT2D eigenvalue weighted by Crippen LogP contribution is -2.58. The molecule has 1 amide bonds. The highest BCUT2D eigenvalue weighted by Gasteiger charge is 2.45. The Labute approximate surface area is 182 Å². The average molecular weight is 424 g/mol. The molecule has 0 bridgehead atoms. The molecule has 31 heavy (non-hydrogen) atoms. The smallest absolute Gasteiger partial charge is 0.274 e. The van der Waals surface area contributed by atoms with Crippen LogP contribution in [0.3, 0.4) is 0 Å². The summed E-state index contributed by atoms with van der Waals surface area (Å²) in [6, 6.07) is 14.2. The lowest BCUT2D eigenvalue weighted by atomic mass is 9.67. The fourth-order valence-corrected chi connectivity index (χ4v) is 5.90. The zero-order chi connectivity index (χ0) is 21.4. The molecule has 1 saturated heterocycles. The molecule has 0 unspecified atom stereocenters. The maximum absolute atomic E-state index is 14.7. The number of hydroxylamine groups is 1. The molecule has 2 fully saturated rings. The van der Waals surface area contributed by atoms with Gasteiger partial charge < -0.3 is 0 Å². The van der Waals surface area contributed by atoms with Crippen LogP contribution < -0.4 is 5.48 Å². The first-order valence-electron chi connectivity index (χ1n) is 11.3. The maximum Gasteiger partial charge on any atom is 0.274 e. The van der Waals surface area contributed by atoms with E-state index in [1.54, 1.807) is 11.5 Å². The Balaban J connectivity index is 1.16. The quantitative estimate of drug-likeness (QED) is 0.581. The van der Waals surface area contributed by atoms with Crippen LogP contribution in [0.4, 0.5) is 4.39 Å². The van der Waals surface area contributed by atoms with Gasteiger partial charge in [0, 0.05) is 49.9 Å². The molecule has 2 N–H and O–H groups in total. The third kappa shape index (κ3) is 4.12. The van der Waals surface area contributed by atoms with E-state index in [0.29, 0.717) is 23.6 Å². The molecule has 2 aromatic rings. The van der Waals surface area contributed by atoms with Crippen LogP contribution in [0.2, 0.25) is 0 Å². The van der Waals surface area contributed by atoms with Crippen LogP contribution in [0.15, 0.2) is 42.5 Å². The van der Waals surface area contributed by atoms with Crippen LogP contribution in [0.1, 0.15) is 52.7 Å². The Kier molecular flexibility index (Phi) is 5.54. The summed E-state index contributed by atoms with van der Waals surface area (Å²) >= 11 is 0. The first kappa shape index (κ1) is 20.6. The fourth-order valence-electron chi connectivity index (χ4n) is 5.90. The second kappa shape index (κ2) is 8.34. The second-order valence-electron chi connectivity index (χ2n) is 9.62. The first-order chi connectivity index (χ1) is 15.0. The summed E-state index contributed by atoms with van der Waals surface area (Å²) < 4.78 is 14.7. The van der Waals surface area contributed by atoms with E-state index in [1.165, 1.54) is 50.4 Å². The van der Waals surface area contributed by atoms with Gasteiger partial charge in [-0.2, -0.15) is 0 Å². The van der Waals surface area contributed by atoms with E-state index >= 15 is 0 Å². The van der Waals surface area contributed by atoms with E-state index < -0.39 is 5.91 Å². The molecule has 5 nitrogen and oxygen atoms in total. The van der Waals surface area contributed by atoms with Gasteiger partial charge in [-0.3, -0.25) is 19.8 Å². The number of nitrogens with zero attached hydrogens (tertiary/aromatic N) is 2. The Hall–Kier alpha value is -2.28. The third-order valence-corrected chi connectivity index (χ3v) is 7.58. The number of fused-ring (bicyclic) bond motifs is 1. The molecular weight excluding hydrogens is 393 g/mol. The molecule has 1 spiro atoms. The minimum absolute atomic E-state index is 0.178. The van der Waals surface area contributed by atoms with Crippen LogP contribution in [0.5, 0.6) is 0 Å². The summed E-state index contributed by atoms with van der Waals surface area (Å²) in [5.74, 6) is -1.01. The van der Waals surface area contributed by atoms with Gasteiger partial charge in [-0.1, -0.05) is 30.3 Å². The summed E-state index contributed by atoms with van der Waals surface area (Å²) in [5.41, 5.74) is 5.23. The third-order valence-electron chi connectivity index (χ3n) is 7.58. The monoisotopic (exact) mass is 423 g/mol. The van der Waals surface area contributed by atoms with E-state index in [-0.39, 0.29) is 11.4 Å². The largest absolute Gasteiger partial charge is 0.298 e. The van der Waals surface area contributed by atoms with Crippen LogP contribution in [-0.4, -0.2) is 46.6 Å². The number of hydrogen-bond donors (Lipinski definition) is 2. The van der Waals surface area contributed by atoms with E-state index in [0.717, 1.165) is 25.1 Å². The summed E-state index contributed by atoms with van der Waals surface area (Å²) in [6.45, 7) is 4.95. The van der Waals surface area contributed by atoms with Crippen molar-refractivity contribution in [1.29, 1.82) is 0 Å².